The van der Waals surface area contributed by atoms with Gasteiger partial charge in [0.05, 0.1) is 12.3 Å². The summed E-state index contributed by atoms with van der Waals surface area (Å²) in [5, 5.41) is 4.15. The number of aromatic nitrogens is 1. The SMILES string of the molecule is CCc1ccccc1OCc1nc(COC)c(CNC)s1. The van der Waals surface area contributed by atoms with Gasteiger partial charge < -0.3 is 14.8 Å². The van der Waals surface area contributed by atoms with E-state index in [0.29, 0.717) is 13.2 Å². The van der Waals surface area contributed by atoms with Crippen molar-refractivity contribution in [2.45, 2.75) is 33.1 Å². The van der Waals surface area contributed by atoms with Crippen LogP contribution in [0.15, 0.2) is 24.3 Å². The summed E-state index contributed by atoms with van der Waals surface area (Å²) < 4.78 is 11.1. The number of thiazole rings is 1. The number of aryl methyl sites for hydroxylation is 1. The van der Waals surface area contributed by atoms with Crippen LogP contribution >= 0.6 is 11.3 Å². The van der Waals surface area contributed by atoms with E-state index in [0.717, 1.165) is 29.4 Å². The molecule has 1 aromatic carbocycles. The van der Waals surface area contributed by atoms with Crippen LogP contribution in [-0.2, 0) is 30.9 Å². The van der Waals surface area contributed by atoms with Crippen molar-refractivity contribution in [3.63, 3.8) is 0 Å². The van der Waals surface area contributed by atoms with Crippen LogP contribution in [0.25, 0.3) is 0 Å². The number of nitrogens with one attached hydrogen (secondary N) is 1. The Bertz CT molecular complexity index is 546. The maximum Gasteiger partial charge on any atom is 0.140 e. The molecule has 0 bridgehead atoms. The molecule has 0 saturated heterocycles. The Labute approximate surface area is 130 Å². The molecule has 0 aliphatic carbocycles. The Morgan fingerprint density at radius 1 is 1.24 bits per heavy atom. The molecule has 2 aromatic rings. The number of para-hydroxylation sites is 1. The highest BCUT2D eigenvalue weighted by atomic mass is 32.1. The largest absolute Gasteiger partial charge is 0.486 e. The summed E-state index contributed by atoms with van der Waals surface area (Å²) in [7, 11) is 3.63. The van der Waals surface area contributed by atoms with Crippen LogP contribution in [0.2, 0.25) is 0 Å². The first-order valence-electron chi connectivity index (χ1n) is 7.10. The summed E-state index contributed by atoms with van der Waals surface area (Å²) in [5.41, 5.74) is 2.22. The van der Waals surface area contributed by atoms with Gasteiger partial charge in [-0.3, -0.25) is 0 Å². The average Bonchev–Trinajstić information content (AvgIpc) is 2.88. The molecular weight excluding hydrogens is 284 g/mol. The van der Waals surface area contributed by atoms with Gasteiger partial charge in [-0.25, -0.2) is 4.98 Å². The Morgan fingerprint density at radius 2 is 2.05 bits per heavy atom. The van der Waals surface area contributed by atoms with Crippen molar-refractivity contribution in [3.8, 4) is 5.75 Å². The first kappa shape index (κ1) is 15.9. The highest BCUT2D eigenvalue weighted by molar-refractivity contribution is 7.11. The average molecular weight is 306 g/mol. The van der Waals surface area contributed by atoms with E-state index >= 15 is 0 Å². The van der Waals surface area contributed by atoms with Gasteiger partial charge in [-0.1, -0.05) is 25.1 Å². The van der Waals surface area contributed by atoms with Gasteiger partial charge in [0.25, 0.3) is 0 Å². The zero-order chi connectivity index (χ0) is 15.1. The van der Waals surface area contributed by atoms with Crippen molar-refractivity contribution in [1.82, 2.24) is 10.3 Å². The van der Waals surface area contributed by atoms with Crippen LogP contribution in [0, 0.1) is 0 Å². The molecule has 0 amide bonds. The molecule has 1 aromatic heterocycles. The van der Waals surface area contributed by atoms with Gasteiger partial charge in [-0.15, -0.1) is 11.3 Å². The lowest BCUT2D eigenvalue weighted by Gasteiger charge is -2.08. The predicted octanol–water partition coefficient (Wildman–Crippen LogP) is 3.15. The standard InChI is InChI=1S/C16H22N2O2S/c1-4-12-7-5-6-8-14(12)20-11-16-18-13(10-19-3)15(21-16)9-17-2/h5-8,17H,4,9-11H2,1-3H3. The molecule has 0 aliphatic rings. The van der Waals surface area contributed by atoms with E-state index in [1.165, 1.54) is 10.4 Å². The second kappa shape index (κ2) is 8.12. The minimum Gasteiger partial charge on any atom is -0.486 e. The summed E-state index contributed by atoms with van der Waals surface area (Å²) in [5.74, 6) is 0.943. The maximum atomic E-state index is 5.93. The van der Waals surface area contributed by atoms with E-state index < -0.39 is 0 Å². The van der Waals surface area contributed by atoms with Crippen molar-refractivity contribution in [2.75, 3.05) is 14.2 Å². The second-order valence-electron chi connectivity index (χ2n) is 4.69. The summed E-state index contributed by atoms with van der Waals surface area (Å²) in [6.45, 7) is 3.98. The smallest absolute Gasteiger partial charge is 0.140 e. The van der Waals surface area contributed by atoms with E-state index in [2.05, 4.69) is 23.3 Å². The Kier molecular flexibility index (Phi) is 6.17. The van der Waals surface area contributed by atoms with Crippen molar-refractivity contribution >= 4 is 11.3 Å². The number of hydrogen-bond acceptors (Lipinski definition) is 5. The third kappa shape index (κ3) is 4.27. The first-order valence-corrected chi connectivity index (χ1v) is 7.91. The number of methoxy groups -OCH3 is 1. The molecule has 0 saturated carbocycles. The molecule has 0 unspecified atom stereocenters. The summed E-state index contributed by atoms with van der Waals surface area (Å²) >= 11 is 1.68. The van der Waals surface area contributed by atoms with Gasteiger partial charge in [-0.05, 0) is 25.1 Å². The fourth-order valence-corrected chi connectivity index (χ4v) is 3.12. The van der Waals surface area contributed by atoms with Gasteiger partial charge in [0.15, 0.2) is 0 Å². The topological polar surface area (TPSA) is 43.4 Å². The molecule has 0 spiro atoms. The Morgan fingerprint density at radius 3 is 2.76 bits per heavy atom. The van der Waals surface area contributed by atoms with Crippen LogP contribution in [0.1, 0.15) is 28.1 Å². The predicted molar refractivity (Wildman–Crippen MR) is 85.7 cm³/mol. The van der Waals surface area contributed by atoms with E-state index in [-0.39, 0.29) is 0 Å². The lowest BCUT2D eigenvalue weighted by Crippen LogP contribution is -2.06. The lowest BCUT2D eigenvalue weighted by atomic mass is 10.1. The zero-order valence-electron chi connectivity index (χ0n) is 12.8. The maximum absolute atomic E-state index is 5.93. The highest BCUT2D eigenvalue weighted by Gasteiger charge is 2.11. The van der Waals surface area contributed by atoms with Crippen LogP contribution in [0.4, 0.5) is 0 Å². The number of hydrogen-bond donors (Lipinski definition) is 1. The zero-order valence-corrected chi connectivity index (χ0v) is 13.6. The molecular formula is C16H22N2O2S. The van der Waals surface area contributed by atoms with Gasteiger partial charge in [0, 0.05) is 18.5 Å². The molecule has 0 radical (unpaired) electrons. The molecule has 4 nitrogen and oxygen atoms in total. The van der Waals surface area contributed by atoms with Crippen LogP contribution in [-0.4, -0.2) is 19.1 Å². The van der Waals surface area contributed by atoms with E-state index in [9.17, 15) is 0 Å². The van der Waals surface area contributed by atoms with Gasteiger partial charge >= 0.3 is 0 Å². The van der Waals surface area contributed by atoms with Crippen LogP contribution in [0.5, 0.6) is 5.75 Å². The van der Waals surface area contributed by atoms with Crippen molar-refractivity contribution in [3.05, 3.63) is 45.4 Å². The Hall–Kier alpha value is -1.43. The summed E-state index contributed by atoms with van der Waals surface area (Å²) in [4.78, 5) is 5.83. The molecule has 114 valence electrons. The van der Waals surface area contributed by atoms with Gasteiger partial charge in [-0.2, -0.15) is 0 Å². The van der Waals surface area contributed by atoms with E-state index in [1.54, 1.807) is 18.4 Å². The Balaban J connectivity index is 2.07. The van der Waals surface area contributed by atoms with E-state index in [4.69, 9.17) is 9.47 Å². The second-order valence-corrected chi connectivity index (χ2v) is 5.86. The molecule has 21 heavy (non-hydrogen) atoms. The molecule has 0 fully saturated rings. The summed E-state index contributed by atoms with van der Waals surface area (Å²) in [6, 6.07) is 8.15. The molecule has 1 heterocycles. The minimum absolute atomic E-state index is 0.502. The minimum atomic E-state index is 0.502. The fraction of sp³-hybridized carbons (Fsp3) is 0.438. The number of benzene rings is 1. The van der Waals surface area contributed by atoms with Crippen LogP contribution < -0.4 is 10.1 Å². The molecule has 5 heteroatoms. The van der Waals surface area contributed by atoms with Crippen molar-refractivity contribution in [2.24, 2.45) is 0 Å². The molecule has 1 N–H and O–H groups in total. The highest BCUT2D eigenvalue weighted by Crippen LogP contribution is 2.23. The number of ether oxygens (including phenoxy) is 2. The molecule has 0 atom stereocenters. The van der Waals surface area contributed by atoms with Gasteiger partial charge in [0.2, 0.25) is 0 Å². The monoisotopic (exact) mass is 306 g/mol. The quantitative estimate of drug-likeness (QED) is 0.813. The third-order valence-electron chi connectivity index (χ3n) is 3.15. The number of rotatable bonds is 8. The van der Waals surface area contributed by atoms with Crippen molar-refractivity contribution in [1.29, 1.82) is 0 Å². The lowest BCUT2D eigenvalue weighted by molar-refractivity contribution is 0.180. The normalized spacial score (nSPS) is 10.8. The van der Waals surface area contributed by atoms with Crippen molar-refractivity contribution < 1.29 is 9.47 Å². The first-order chi connectivity index (χ1) is 10.3. The summed E-state index contributed by atoms with van der Waals surface area (Å²) in [6.07, 6.45) is 0.966. The molecule has 0 aliphatic heterocycles. The van der Waals surface area contributed by atoms with E-state index in [1.807, 2.05) is 25.2 Å². The van der Waals surface area contributed by atoms with Gasteiger partial charge in [0.1, 0.15) is 17.4 Å². The third-order valence-corrected chi connectivity index (χ3v) is 4.22. The molecule has 2 rings (SSSR count). The van der Waals surface area contributed by atoms with Crippen LogP contribution in [0.3, 0.4) is 0 Å². The number of nitrogens with zero attached hydrogens (tertiary/aromatic N) is 1. The fourth-order valence-electron chi connectivity index (χ4n) is 2.12.